The van der Waals surface area contributed by atoms with E-state index in [0.29, 0.717) is 62.1 Å². The Bertz CT molecular complexity index is 2910. The maximum absolute atomic E-state index is 14.6. The number of hydrogen-bond acceptors (Lipinski definition) is 14. The number of rotatable bonds is 35. The number of imide groups is 1. The first-order valence-electron chi connectivity index (χ1n) is 32.1. The van der Waals surface area contributed by atoms with Gasteiger partial charge in [0.15, 0.2) is 0 Å². The Labute approximate surface area is 537 Å². The molecule has 10 amide bonds. The van der Waals surface area contributed by atoms with Crippen LogP contribution in [-0.4, -0.2) is 188 Å². The van der Waals surface area contributed by atoms with Gasteiger partial charge in [-0.25, -0.2) is 0 Å². The zero-order valence-electron chi connectivity index (χ0n) is 55.6. The number of carbonyl (C=O) groups excluding carboxylic acids is 10. The second kappa shape index (κ2) is 35.9. The number of likely N-dealkylation sites (N-methyl/N-ethyl adjacent to an activating group) is 2. The molecule has 3 aromatic carbocycles. The molecule has 2 aliphatic rings. The minimum absolute atomic E-state index is 0.00500. The molecule has 23 nitrogen and oxygen atoms in total. The van der Waals surface area contributed by atoms with Crippen molar-refractivity contribution in [2.24, 2.45) is 35.3 Å². The van der Waals surface area contributed by atoms with Crippen LogP contribution in [0.3, 0.4) is 0 Å². The van der Waals surface area contributed by atoms with Gasteiger partial charge in [0.1, 0.15) is 30.7 Å². The minimum atomic E-state index is -1.18. The van der Waals surface area contributed by atoms with Gasteiger partial charge in [-0.2, -0.15) is 0 Å². The summed E-state index contributed by atoms with van der Waals surface area (Å²) in [6, 6.07) is 18.8. The highest BCUT2D eigenvalue weighted by Gasteiger charge is 2.44. The van der Waals surface area contributed by atoms with Crippen molar-refractivity contribution in [1.29, 1.82) is 0 Å². The first-order valence-corrected chi connectivity index (χ1v) is 32.1. The molecule has 0 radical (unpaired) electrons. The molecule has 0 bridgehead atoms. The lowest BCUT2D eigenvalue weighted by molar-refractivity contribution is -0.148. The van der Waals surface area contributed by atoms with Crippen LogP contribution in [0, 0.1) is 29.6 Å². The fourth-order valence-corrected chi connectivity index (χ4v) is 12.4. The number of carbonyl (C=O) groups is 10. The number of unbranched alkanes of at least 4 members (excludes halogenated alkanes) is 1. The number of ether oxygens (including phenoxy) is 2. The van der Waals surface area contributed by atoms with Crippen molar-refractivity contribution in [1.82, 2.24) is 40.9 Å². The predicted molar refractivity (Wildman–Crippen MR) is 348 cm³/mol. The van der Waals surface area contributed by atoms with Crippen LogP contribution in [0.2, 0.25) is 0 Å². The zero-order valence-corrected chi connectivity index (χ0v) is 55.6. The van der Waals surface area contributed by atoms with Crippen molar-refractivity contribution < 1.29 is 57.4 Å². The molecule has 23 heteroatoms. The molecule has 2 heterocycles. The van der Waals surface area contributed by atoms with E-state index >= 15 is 0 Å². The van der Waals surface area contributed by atoms with E-state index in [-0.39, 0.29) is 67.6 Å². The van der Waals surface area contributed by atoms with Gasteiger partial charge in [0.25, 0.3) is 0 Å². The predicted octanol–water partition coefficient (Wildman–Crippen LogP) is 4.67. The number of likely N-dealkylation sites (tertiary alicyclic amines) is 2. The molecule has 12 atom stereocenters. The van der Waals surface area contributed by atoms with Crippen LogP contribution in [0.15, 0.2) is 84.9 Å². The first kappa shape index (κ1) is 74.1. The lowest BCUT2D eigenvalue weighted by Crippen LogP contribution is -2.59. The quantitative estimate of drug-likeness (QED) is 0.0311. The maximum Gasteiger partial charge on any atom is 0.247 e. The lowest BCUT2D eigenvalue weighted by atomic mass is 9.89. The first-order chi connectivity index (χ1) is 43.2. The lowest BCUT2D eigenvalue weighted by Gasteiger charge is -2.41. The van der Waals surface area contributed by atoms with Gasteiger partial charge in [-0.15, -0.1) is 0 Å². The second-order valence-electron chi connectivity index (χ2n) is 25.4. The summed E-state index contributed by atoms with van der Waals surface area (Å²) in [6.45, 7) is 15.2. The van der Waals surface area contributed by atoms with E-state index in [1.807, 2.05) is 96.9 Å². The monoisotopic (exact) mass is 1260 g/mol. The highest BCUT2D eigenvalue weighted by molar-refractivity contribution is 6.06. The summed E-state index contributed by atoms with van der Waals surface area (Å²) in [7, 11) is 8.40. The Kier molecular flexibility index (Phi) is 29.2. The number of nitrogens with two attached hydrogens (primary N) is 1. The van der Waals surface area contributed by atoms with Crippen molar-refractivity contribution in [3.63, 3.8) is 0 Å². The molecule has 0 aliphatic carbocycles. The van der Waals surface area contributed by atoms with Crippen LogP contribution in [0.25, 0.3) is 0 Å². The molecular formula is C68H101N11O12. The summed E-state index contributed by atoms with van der Waals surface area (Å²) in [4.78, 5) is 144. The Hall–Kier alpha value is -7.60. The van der Waals surface area contributed by atoms with Gasteiger partial charge >= 0.3 is 0 Å². The highest BCUT2D eigenvalue weighted by atomic mass is 16.5. The third-order valence-electron chi connectivity index (χ3n) is 17.6. The molecule has 0 saturated carbocycles. The molecule has 3 aromatic rings. The molecular weight excluding hydrogens is 1160 g/mol. The van der Waals surface area contributed by atoms with Gasteiger partial charge in [0.2, 0.25) is 59.1 Å². The van der Waals surface area contributed by atoms with E-state index in [4.69, 9.17) is 15.2 Å². The molecule has 8 N–H and O–H groups in total. The van der Waals surface area contributed by atoms with Crippen LogP contribution in [0.1, 0.15) is 118 Å². The SMILES string of the molecule is CC[C@H](C)[C@@H]([C@@H](CC(=O)N1CCC[C@H]1[C@H](OC)[C@@H](C)C(=O)N[C@@H](Cc1ccccc1)C(=O)Nc1ccc(NC(=O)[C@H](CCCCN)NC(=O)[C@H](Cc2ccccc2)NC(=O)CN2C(=O)CC(C)C2=O)cc1)OC)N(C)C(=O)[C@@H](NC(=O)[C@H](C(C)C)N(C)C)C(C)C. The number of benzene rings is 3. The van der Waals surface area contributed by atoms with Crippen LogP contribution in [0.5, 0.6) is 0 Å². The van der Waals surface area contributed by atoms with E-state index < -0.39 is 114 Å². The summed E-state index contributed by atoms with van der Waals surface area (Å²) >= 11 is 0. The fourth-order valence-electron chi connectivity index (χ4n) is 12.4. The average Bonchev–Trinajstić information content (AvgIpc) is 1.86. The molecule has 0 aromatic heterocycles. The van der Waals surface area contributed by atoms with Crippen LogP contribution in [0.4, 0.5) is 11.4 Å². The van der Waals surface area contributed by atoms with Crippen LogP contribution < -0.4 is 37.6 Å². The van der Waals surface area contributed by atoms with Gasteiger partial charge in [-0.1, -0.05) is 122 Å². The van der Waals surface area contributed by atoms with Gasteiger partial charge in [0, 0.05) is 64.4 Å². The summed E-state index contributed by atoms with van der Waals surface area (Å²) in [5.74, 6) is -6.38. The Morgan fingerprint density at radius 3 is 1.70 bits per heavy atom. The van der Waals surface area contributed by atoms with E-state index in [0.717, 1.165) is 10.5 Å². The van der Waals surface area contributed by atoms with Gasteiger partial charge in [-0.3, -0.25) is 57.7 Å². The summed E-state index contributed by atoms with van der Waals surface area (Å²) < 4.78 is 12.2. The number of nitrogens with one attached hydrogen (secondary N) is 6. The van der Waals surface area contributed by atoms with Gasteiger partial charge in [0.05, 0.1) is 42.7 Å². The average molecular weight is 1260 g/mol. The highest BCUT2D eigenvalue weighted by Crippen LogP contribution is 2.30. The number of nitrogens with zero attached hydrogens (tertiary/aromatic N) is 4. The normalized spacial score (nSPS) is 18.3. The molecule has 5 rings (SSSR count). The minimum Gasteiger partial charge on any atom is -0.379 e. The number of amides is 10. The largest absolute Gasteiger partial charge is 0.379 e. The smallest absolute Gasteiger partial charge is 0.247 e. The molecule has 2 saturated heterocycles. The van der Waals surface area contributed by atoms with E-state index in [1.165, 1.54) is 14.2 Å². The van der Waals surface area contributed by atoms with Crippen molar-refractivity contribution in [2.45, 2.75) is 174 Å². The van der Waals surface area contributed by atoms with Crippen LogP contribution in [-0.2, 0) is 70.3 Å². The van der Waals surface area contributed by atoms with Crippen molar-refractivity contribution in [3.8, 4) is 0 Å². The third-order valence-corrected chi connectivity index (χ3v) is 17.6. The Morgan fingerprint density at radius 2 is 1.22 bits per heavy atom. The molecule has 91 heavy (non-hydrogen) atoms. The number of anilines is 2. The number of hydrogen-bond donors (Lipinski definition) is 7. The fraction of sp³-hybridized carbons (Fsp3) is 0.588. The molecule has 1 unspecified atom stereocenters. The van der Waals surface area contributed by atoms with Crippen molar-refractivity contribution >= 4 is 70.4 Å². The van der Waals surface area contributed by atoms with Crippen molar-refractivity contribution in [3.05, 3.63) is 96.1 Å². The van der Waals surface area contributed by atoms with Crippen LogP contribution >= 0.6 is 0 Å². The van der Waals surface area contributed by atoms with E-state index in [9.17, 15) is 47.9 Å². The molecule has 0 spiro atoms. The van der Waals surface area contributed by atoms with Crippen molar-refractivity contribution in [2.75, 3.05) is 65.6 Å². The summed E-state index contributed by atoms with van der Waals surface area (Å²) in [5, 5.41) is 17.3. The maximum atomic E-state index is 14.6. The van der Waals surface area contributed by atoms with E-state index in [2.05, 4.69) is 31.9 Å². The second-order valence-corrected chi connectivity index (χ2v) is 25.4. The molecule has 2 fully saturated rings. The standard InChI is InChI=1S/C68H101N11O12/c1-14-43(6)60(77(11)68(89)58(41(2)3)75-66(87)59(42(4)5)76(9)10)54(90-12)39-57(82)78-35-23-29-53(78)61(91-13)45(8)62(83)74-52(38-47-26-19-16-20-27-47)64(85)71-49-32-30-48(31-33-49)70-63(84)50(28-21-22-34-69)73-65(86)51(37-46-24-17-15-18-25-46)72-55(80)40-79-56(81)36-44(7)67(79)88/h15-20,24-27,30-33,41-45,50-54,58-61H,14,21-23,28-29,34-40,69H2,1-13H3,(H,70,84)(H,71,85)(H,72,80)(H,73,86)(H,74,83)(H,75,87)/t43-,44?,45+,50-,51-,52-,53-,54+,58-,59-,60-,61+/m0/s1. The number of methoxy groups -OCH3 is 2. The summed E-state index contributed by atoms with van der Waals surface area (Å²) in [5.41, 5.74) is 7.98. The molecule has 2 aliphatic heterocycles. The molecule has 500 valence electrons. The topological polar surface area (TPSA) is 300 Å². The zero-order chi connectivity index (χ0) is 67.2. The Morgan fingerprint density at radius 1 is 0.670 bits per heavy atom. The third kappa shape index (κ3) is 21.0. The van der Waals surface area contributed by atoms with Gasteiger partial charge in [-0.05, 0) is 106 Å². The Balaban J connectivity index is 1.27. The van der Waals surface area contributed by atoms with E-state index in [1.54, 1.807) is 79.2 Å². The summed E-state index contributed by atoms with van der Waals surface area (Å²) in [6.07, 6.45) is 1.71. The van der Waals surface area contributed by atoms with Gasteiger partial charge < -0.3 is 56.9 Å².